The van der Waals surface area contributed by atoms with Gasteiger partial charge in [0.2, 0.25) is 0 Å². The van der Waals surface area contributed by atoms with Crippen LogP contribution in [0.1, 0.15) is 61.3 Å². The van der Waals surface area contributed by atoms with Crippen molar-refractivity contribution < 1.29 is 9.84 Å². The molecule has 0 bridgehead atoms. The average molecular weight is 220 g/mol. The van der Waals surface area contributed by atoms with Crippen LogP contribution in [0.5, 0.6) is 0 Å². The molecule has 0 radical (unpaired) electrons. The Balaban J connectivity index is -0.000000318. The highest BCUT2D eigenvalue weighted by Crippen LogP contribution is 2.14. The summed E-state index contributed by atoms with van der Waals surface area (Å²) in [6.45, 7) is 14.0. The molecule has 0 aromatic heterocycles. The van der Waals surface area contributed by atoms with Gasteiger partial charge >= 0.3 is 0 Å². The maximum absolute atomic E-state index is 9.21. The first-order valence-corrected chi connectivity index (χ1v) is 6.32. The Hall–Kier alpha value is -0.0800. The average Bonchev–Trinajstić information content (AvgIpc) is 2.30. The van der Waals surface area contributed by atoms with Gasteiger partial charge in [-0.15, -0.1) is 0 Å². The van der Waals surface area contributed by atoms with Crippen LogP contribution in [0.25, 0.3) is 0 Å². The molecule has 96 valence electrons. The SMILES string of the molecule is CC.CC.CC[C@H](C[C@@H](C)C(C)O)OC. The Morgan fingerprint density at radius 1 is 1.07 bits per heavy atom. The van der Waals surface area contributed by atoms with E-state index in [4.69, 9.17) is 4.74 Å². The zero-order valence-corrected chi connectivity index (χ0v) is 12.0. The molecular weight excluding hydrogens is 188 g/mol. The summed E-state index contributed by atoms with van der Waals surface area (Å²) in [5, 5.41) is 9.21. The summed E-state index contributed by atoms with van der Waals surface area (Å²) >= 11 is 0. The molecule has 2 nitrogen and oxygen atoms in total. The van der Waals surface area contributed by atoms with Crippen LogP contribution in [0.3, 0.4) is 0 Å². The van der Waals surface area contributed by atoms with Crippen LogP contribution >= 0.6 is 0 Å². The topological polar surface area (TPSA) is 29.5 Å². The van der Waals surface area contributed by atoms with E-state index >= 15 is 0 Å². The van der Waals surface area contributed by atoms with E-state index in [-0.39, 0.29) is 6.10 Å². The van der Waals surface area contributed by atoms with Crippen LogP contribution in [0.4, 0.5) is 0 Å². The fourth-order valence-corrected chi connectivity index (χ4v) is 1.04. The number of hydrogen-bond donors (Lipinski definition) is 1. The number of rotatable bonds is 5. The van der Waals surface area contributed by atoms with E-state index in [1.165, 1.54) is 0 Å². The second-order valence-corrected chi connectivity index (χ2v) is 3.22. The minimum absolute atomic E-state index is 0.223. The summed E-state index contributed by atoms with van der Waals surface area (Å²) in [4.78, 5) is 0. The molecule has 1 N–H and O–H groups in total. The van der Waals surface area contributed by atoms with Gasteiger partial charge in [0.05, 0.1) is 12.2 Å². The summed E-state index contributed by atoms with van der Waals surface area (Å²) < 4.78 is 5.21. The lowest BCUT2D eigenvalue weighted by molar-refractivity contribution is 0.0474. The van der Waals surface area contributed by atoms with E-state index in [2.05, 4.69) is 6.92 Å². The zero-order valence-electron chi connectivity index (χ0n) is 12.0. The van der Waals surface area contributed by atoms with Crippen molar-refractivity contribution in [2.45, 2.75) is 73.5 Å². The maximum Gasteiger partial charge on any atom is 0.0572 e. The molecule has 0 rings (SSSR count). The molecule has 0 aromatic carbocycles. The second-order valence-electron chi connectivity index (χ2n) is 3.22. The predicted octanol–water partition coefficient (Wildman–Crippen LogP) is 3.87. The highest BCUT2D eigenvalue weighted by Gasteiger charge is 2.14. The molecular formula is C13H32O2. The van der Waals surface area contributed by atoms with Gasteiger partial charge in [-0.25, -0.2) is 0 Å². The number of hydrogen-bond acceptors (Lipinski definition) is 2. The molecule has 0 spiro atoms. The van der Waals surface area contributed by atoms with Crippen LogP contribution < -0.4 is 0 Å². The lowest BCUT2D eigenvalue weighted by Gasteiger charge is -2.20. The smallest absolute Gasteiger partial charge is 0.0572 e. The van der Waals surface area contributed by atoms with E-state index in [0.29, 0.717) is 12.0 Å². The molecule has 15 heavy (non-hydrogen) atoms. The lowest BCUT2D eigenvalue weighted by atomic mass is 9.97. The van der Waals surface area contributed by atoms with Crippen LogP contribution in [0, 0.1) is 5.92 Å². The standard InChI is InChI=1S/C9H20O2.2C2H6/c1-5-9(11-4)6-7(2)8(3)10;2*1-2/h7-10H,5-6H2,1-4H3;2*1-2H3/t7-,8?,9-;;/m1../s1. The predicted molar refractivity (Wildman–Crippen MR) is 69.2 cm³/mol. The molecule has 1 unspecified atom stereocenters. The van der Waals surface area contributed by atoms with E-state index in [9.17, 15) is 5.11 Å². The van der Waals surface area contributed by atoms with Gasteiger partial charge in [-0.3, -0.25) is 0 Å². The van der Waals surface area contributed by atoms with Gasteiger partial charge in [-0.2, -0.15) is 0 Å². The summed E-state index contributed by atoms with van der Waals surface area (Å²) in [6.07, 6.45) is 2.05. The molecule has 0 aliphatic heterocycles. The Kier molecular flexibility index (Phi) is 22.2. The molecule has 0 aliphatic rings. The van der Waals surface area contributed by atoms with Crippen LogP contribution in [0.2, 0.25) is 0 Å². The van der Waals surface area contributed by atoms with E-state index < -0.39 is 0 Å². The molecule has 0 saturated heterocycles. The maximum atomic E-state index is 9.21. The van der Waals surface area contributed by atoms with Crippen molar-refractivity contribution in [3.63, 3.8) is 0 Å². The van der Waals surface area contributed by atoms with E-state index in [1.807, 2.05) is 41.5 Å². The van der Waals surface area contributed by atoms with Gasteiger partial charge in [-0.1, -0.05) is 41.5 Å². The second kappa shape index (κ2) is 16.4. The third-order valence-corrected chi connectivity index (χ3v) is 2.25. The fourth-order valence-electron chi connectivity index (χ4n) is 1.04. The van der Waals surface area contributed by atoms with Crippen LogP contribution in [-0.2, 0) is 4.74 Å². The van der Waals surface area contributed by atoms with E-state index in [1.54, 1.807) is 7.11 Å². The first-order valence-electron chi connectivity index (χ1n) is 6.32. The zero-order chi connectivity index (χ0) is 12.9. The van der Waals surface area contributed by atoms with Gasteiger partial charge in [0.15, 0.2) is 0 Å². The largest absolute Gasteiger partial charge is 0.393 e. The van der Waals surface area contributed by atoms with Gasteiger partial charge in [0.25, 0.3) is 0 Å². The summed E-state index contributed by atoms with van der Waals surface area (Å²) in [7, 11) is 1.73. The Morgan fingerprint density at radius 2 is 1.47 bits per heavy atom. The Morgan fingerprint density at radius 3 is 1.67 bits per heavy atom. The monoisotopic (exact) mass is 220 g/mol. The highest BCUT2D eigenvalue weighted by molar-refractivity contribution is 4.65. The lowest BCUT2D eigenvalue weighted by Crippen LogP contribution is -2.20. The minimum atomic E-state index is -0.223. The van der Waals surface area contributed by atoms with Gasteiger partial charge in [0.1, 0.15) is 0 Å². The van der Waals surface area contributed by atoms with Crippen molar-refractivity contribution in [3.05, 3.63) is 0 Å². The van der Waals surface area contributed by atoms with Gasteiger partial charge in [0, 0.05) is 7.11 Å². The summed E-state index contributed by atoms with van der Waals surface area (Å²) in [6, 6.07) is 0. The normalized spacial score (nSPS) is 15.0. The molecule has 0 aliphatic carbocycles. The van der Waals surface area contributed by atoms with Crippen molar-refractivity contribution in [2.24, 2.45) is 5.92 Å². The van der Waals surface area contributed by atoms with E-state index in [0.717, 1.165) is 12.8 Å². The van der Waals surface area contributed by atoms with Crippen molar-refractivity contribution >= 4 is 0 Å². The molecule has 3 atom stereocenters. The first kappa shape index (κ1) is 20.3. The molecule has 0 fully saturated rings. The van der Waals surface area contributed by atoms with Crippen molar-refractivity contribution in [3.8, 4) is 0 Å². The Labute approximate surface area is 97.0 Å². The molecule has 0 saturated carbocycles. The van der Waals surface area contributed by atoms with Crippen LogP contribution in [0.15, 0.2) is 0 Å². The Bertz CT molecular complexity index is 88.5. The van der Waals surface area contributed by atoms with Crippen molar-refractivity contribution in [2.75, 3.05) is 7.11 Å². The fraction of sp³-hybridized carbons (Fsp3) is 1.00. The molecule has 0 aromatic rings. The highest BCUT2D eigenvalue weighted by atomic mass is 16.5. The third-order valence-electron chi connectivity index (χ3n) is 2.25. The van der Waals surface area contributed by atoms with Crippen molar-refractivity contribution in [1.29, 1.82) is 0 Å². The summed E-state index contributed by atoms with van der Waals surface area (Å²) in [5.74, 6) is 0.333. The number of aliphatic hydroxyl groups is 1. The third kappa shape index (κ3) is 13.9. The number of aliphatic hydroxyl groups excluding tert-OH is 1. The van der Waals surface area contributed by atoms with Gasteiger partial charge < -0.3 is 9.84 Å². The summed E-state index contributed by atoms with van der Waals surface area (Å²) in [5.41, 5.74) is 0. The number of methoxy groups -OCH3 is 1. The van der Waals surface area contributed by atoms with Gasteiger partial charge in [-0.05, 0) is 25.7 Å². The number of ether oxygens (including phenoxy) is 1. The quantitative estimate of drug-likeness (QED) is 0.762. The van der Waals surface area contributed by atoms with Crippen molar-refractivity contribution in [1.82, 2.24) is 0 Å². The molecule has 0 amide bonds. The molecule has 2 heteroatoms. The molecule has 0 heterocycles. The van der Waals surface area contributed by atoms with Crippen LogP contribution in [-0.4, -0.2) is 24.4 Å². The first-order chi connectivity index (χ1) is 7.11. The minimum Gasteiger partial charge on any atom is -0.393 e.